The summed E-state index contributed by atoms with van der Waals surface area (Å²) < 4.78 is 10.7. The molecule has 0 aliphatic carbocycles. The largest absolute Gasteiger partial charge is 0.456 e. The number of benzene rings is 3. The molecule has 7 nitrogen and oxygen atoms in total. The van der Waals surface area contributed by atoms with Crippen LogP contribution < -0.4 is 15.4 Å². The van der Waals surface area contributed by atoms with E-state index >= 15 is 0 Å². The zero-order valence-corrected chi connectivity index (χ0v) is 19.6. The lowest BCUT2D eigenvalue weighted by molar-refractivity contribution is -0.147. The molecule has 0 bridgehead atoms. The SMILES string of the molecule is Cc1ccc(C)c(NC(=O)COC(=O)CCC(=O)Nc2ccc(Oc3ccccc3Cl)cc2)c1. The number of para-hydroxylation sites is 1. The van der Waals surface area contributed by atoms with Crippen molar-refractivity contribution < 1.29 is 23.9 Å². The van der Waals surface area contributed by atoms with Gasteiger partial charge in [0.1, 0.15) is 11.5 Å². The van der Waals surface area contributed by atoms with Crippen molar-refractivity contribution in [3.63, 3.8) is 0 Å². The molecule has 0 heterocycles. The van der Waals surface area contributed by atoms with Gasteiger partial charge in [0.15, 0.2) is 6.61 Å². The number of rotatable bonds is 9. The van der Waals surface area contributed by atoms with Crippen molar-refractivity contribution in [1.29, 1.82) is 0 Å². The zero-order chi connectivity index (χ0) is 24.5. The summed E-state index contributed by atoms with van der Waals surface area (Å²) in [6, 6.07) is 19.5. The minimum absolute atomic E-state index is 0.0741. The molecule has 34 heavy (non-hydrogen) atoms. The molecular formula is C26H25ClN2O5. The van der Waals surface area contributed by atoms with Crippen LogP contribution in [-0.2, 0) is 19.1 Å². The highest BCUT2D eigenvalue weighted by molar-refractivity contribution is 6.32. The minimum atomic E-state index is -0.630. The van der Waals surface area contributed by atoms with Crippen LogP contribution in [0.15, 0.2) is 66.7 Å². The van der Waals surface area contributed by atoms with Crippen molar-refractivity contribution in [2.24, 2.45) is 0 Å². The third-order valence-corrected chi connectivity index (χ3v) is 5.10. The monoisotopic (exact) mass is 480 g/mol. The highest BCUT2D eigenvalue weighted by atomic mass is 35.5. The van der Waals surface area contributed by atoms with E-state index in [-0.39, 0.29) is 18.7 Å². The number of anilines is 2. The number of carbonyl (C=O) groups excluding carboxylic acids is 3. The Balaban J connectivity index is 1.38. The number of ether oxygens (including phenoxy) is 2. The van der Waals surface area contributed by atoms with Crippen LogP contribution in [0.3, 0.4) is 0 Å². The number of carbonyl (C=O) groups is 3. The molecule has 176 valence electrons. The molecule has 0 saturated carbocycles. The molecule has 0 aliphatic rings. The Kier molecular flexibility index (Phi) is 8.65. The summed E-state index contributed by atoms with van der Waals surface area (Å²) in [5.74, 6) is -0.326. The van der Waals surface area contributed by atoms with Crippen LogP contribution in [0.2, 0.25) is 5.02 Å². The number of hydrogen-bond donors (Lipinski definition) is 2. The second-order valence-electron chi connectivity index (χ2n) is 7.63. The molecule has 3 rings (SSSR count). The highest BCUT2D eigenvalue weighted by Crippen LogP contribution is 2.29. The van der Waals surface area contributed by atoms with E-state index in [2.05, 4.69) is 10.6 Å². The van der Waals surface area contributed by atoms with Gasteiger partial charge in [0.05, 0.1) is 11.4 Å². The molecule has 0 unspecified atom stereocenters. The number of aryl methyl sites for hydroxylation is 2. The van der Waals surface area contributed by atoms with E-state index in [0.717, 1.165) is 11.1 Å². The second kappa shape index (κ2) is 11.9. The van der Waals surface area contributed by atoms with E-state index < -0.39 is 18.5 Å². The van der Waals surface area contributed by atoms with Gasteiger partial charge in [0.25, 0.3) is 5.91 Å². The van der Waals surface area contributed by atoms with E-state index in [1.165, 1.54) is 0 Å². The highest BCUT2D eigenvalue weighted by Gasteiger charge is 2.12. The molecule has 0 saturated heterocycles. The number of amides is 2. The summed E-state index contributed by atoms with van der Waals surface area (Å²) in [6.45, 7) is 3.38. The smallest absolute Gasteiger partial charge is 0.306 e. The molecule has 0 fully saturated rings. The van der Waals surface area contributed by atoms with Gasteiger partial charge in [-0.15, -0.1) is 0 Å². The van der Waals surface area contributed by atoms with Crippen LogP contribution in [0, 0.1) is 13.8 Å². The number of esters is 1. The van der Waals surface area contributed by atoms with Crippen LogP contribution in [0.1, 0.15) is 24.0 Å². The summed E-state index contributed by atoms with van der Waals surface area (Å²) >= 11 is 6.08. The molecule has 2 amide bonds. The van der Waals surface area contributed by atoms with Gasteiger partial charge in [0.2, 0.25) is 5.91 Å². The average molecular weight is 481 g/mol. The van der Waals surface area contributed by atoms with Crippen LogP contribution in [-0.4, -0.2) is 24.4 Å². The maximum absolute atomic E-state index is 12.1. The van der Waals surface area contributed by atoms with Gasteiger partial charge < -0.3 is 20.1 Å². The topological polar surface area (TPSA) is 93.7 Å². The molecule has 0 atom stereocenters. The molecule has 3 aromatic carbocycles. The average Bonchev–Trinajstić information content (AvgIpc) is 2.81. The Morgan fingerprint density at radius 2 is 1.59 bits per heavy atom. The fraction of sp³-hybridized carbons (Fsp3) is 0.192. The first kappa shape index (κ1) is 24.8. The maximum atomic E-state index is 12.1. The summed E-state index contributed by atoms with van der Waals surface area (Å²) in [5, 5.41) is 5.91. The summed E-state index contributed by atoms with van der Waals surface area (Å²) in [6.07, 6.45) is -0.217. The van der Waals surface area contributed by atoms with Crippen LogP contribution >= 0.6 is 11.6 Å². The molecule has 8 heteroatoms. The maximum Gasteiger partial charge on any atom is 0.306 e. The molecule has 3 aromatic rings. The first-order chi connectivity index (χ1) is 16.3. The van der Waals surface area contributed by atoms with E-state index in [1.807, 2.05) is 44.2 Å². The Bertz CT molecular complexity index is 1180. The van der Waals surface area contributed by atoms with Gasteiger partial charge in [-0.05, 0) is 67.4 Å². The fourth-order valence-corrected chi connectivity index (χ4v) is 3.15. The summed E-state index contributed by atoms with van der Waals surface area (Å²) in [7, 11) is 0. The Morgan fingerprint density at radius 3 is 2.32 bits per heavy atom. The van der Waals surface area contributed by atoms with Crippen LogP contribution in [0.25, 0.3) is 0 Å². The lowest BCUT2D eigenvalue weighted by Crippen LogP contribution is -2.22. The molecule has 0 aromatic heterocycles. The van der Waals surface area contributed by atoms with E-state index in [4.69, 9.17) is 21.1 Å². The molecule has 2 N–H and O–H groups in total. The van der Waals surface area contributed by atoms with Gasteiger partial charge in [-0.2, -0.15) is 0 Å². The molecule has 0 radical (unpaired) electrons. The normalized spacial score (nSPS) is 10.3. The van der Waals surface area contributed by atoms with E-state index in [0.29, 0.717) is 27.9 Å². The minimum Gasteiger partial charge on any atom is -0.456 e. The Morgan fingerprint density at radius 1 is 0.853 bits per heavy atom. The van der Waals surface area contributed by atoms with E-state index in [9.17, 15) is 14.4 Å². The van der Waals surface area contributed by atoms with Crippen molar-refractivity contribution in [3.05, 3.63) is 82.9 Å². The van der Waals surface area contributed by atoms with E-state index in [1.54, 1.807) is 36.4 Å². The predicted octanol–water partition coefficient (Wildman–Crippen LogP) is 5.65. The standard InChI is InChI=1S/C26H25ClN2O5/c1-17-7-8-18(2)22(15-17)29-25(31)16-33-26(32)14-13-24(30)28-19-9-11-20(12-10-19)34-23-6-4-3-5-21(23)27/h3-12,15H,13-14,16H2,1-2H3,(H,28,30)(H,29,31). The van der Waals surface area contributed by atoms with Crippen LogP contribution in [0.5, 0.6) is 11.5 Å². The first-order valence-electron chi connectivity index (χ1n) is 10.6. The molecule has 0 spiro atoms. The number of nitrogens with one attached hydrogen (secondary N) is 2. The van der Waals surface area contributed by atoms with Crippen LogP contribution in [0.4, 0.5) is 11.4 Å². The lowest BCUT2D eigenvalue weighted by Gasteiger charge is -2.10. The van der Waals surface area contributed by atoms with Gasteiger partial charge in [-0.1, -0.05) is 35.9 Å². The number of hydrogen-bond acceptors (Lipinski definition) is 5. The van der Waals surface area contributed by atoms with Crippen molar-refractivity contribution in [3.8, 4) is 11.5 Å². The van der Waals surface area contributed by atoms with Crippen molar-refractivity contribution in [2.45, 2.75) is 26.7 Å². The fourth-order valence-electron chi connectivity index (χ4n) is 2.97. The number of halogens is 1. The Labute approximate surface area is 203 Å². The van der Waals surface area contributed by atoms with Crippen molar-refractivity contribution in [1.82, 2.24) is 0 Å². The lowest BCUT2D eigenvalue weighted by atomic mass is 10.1. The van der Waals surface area contributed by atoms with Crippen molar-refractivity contribution in [2.75, 3.05) is 17.2 Å². The first-order valence-corrected chi connectivity index (χ1v) is 11.0. The molecular weight excluding hydrogens is 456 g/mol. The van der Waals surface area contributed by atoms with Gasteiger partial charge >= 0.3 is 5.97 Å². The second-order valence-corrected chi connectivity index (χ2v) is 8.04. The van der Waals surface area contributed by atoms with Crippen molar-refractivity contribution >= 4 is 40.8 Å². The van der Waals surface area contributed by atoms with Gasteiger partial charge in [0, 0.05) is 17.8 Å². The zero-order valence-electron chi connectivity index (χ0n) is 18.9. The third-order valence-electron chi connectivity index (χ3n) is 4.79. The summed E-state index contributed by atoms with van der Waals surface area (Å²) in [4.78, 5) is 36.1. The molecule has 0 aliphatic heterocycles. The quantitative estimate of drug-likeness (QED) is 0.386. The summed E-state index contributed by atoms with van der Waals surface area (Å²) in [5.41, 5.74) is 3.14. The Hall–Kier alpha value is -3.84. The predicted molar refractivity (Wildman–Crippen MR) is 131 cm³/mol. The third kappa shape index (κ3) is 7.64. The van der Waals surface area contributed by atoms with Gasteiger partial charge in [-0.25, -0.2) is 0 Å². The van der Waals surface area contributed by atoms with Gasteiger partial charge in [-0.3, -0.25) is 14.4 Å².